The summed E-state index contributed by atoms with van der Waals surface area (Å²) in [6.07, 6.45) is 6.32. The first-order chi connectivity index (χ1) is 33.9. The molecule has 1 saturated heterocycles. The molecule has 0 bridgehead atoms. The highest BCUT2D eigenvalue weighted by Crippen LogP contribution is 2.48. The van der Waals surface area contributed by atoms with Crippen LogP contribution in [0.1, 0.15) is 59.8 Å². The lowest BCUT2D eigenvalue weighted by molar-refractivity contribution is -0.207. The lowest BCUT2D eigenvalue weighted by Crippen LogP contribution is -2.48. The van der Waals surface area contributed by atoms with Crippen LogP contribution in [0.15, 0.2) is 139 Å². The van der Waals surface area contributed by atoms with Crippen LogP contribution in [0.2, 0.25) is 0 Å². The molecule has 2 atom stereocenters. The van der Waals surface area contributed by atoms with Crippen LogP contribution >= 0.6 is 15.9 Å². The van der Waals surface area contributed by atoms with Crippen molar-refractivity contribution in [2.24, 2.45) is 0 Å². The number of alkyl halides is 4. The van der Waals surface area contributed by atoms with Crippen LogP contribution in [0.5, 0.6) is 0 Å². The number of nitriles is 1. The van der Waals surface area contributed by atoms with Gasteiger partial charge in [0.2, 0.25) is 0 Å². The Hall–Kier alpha value is -7.55. The van der Waals surface area contributed by atoms with Gasteiger partial charge in [0.25, 0.3) is 0 Å². The van der Waals surface area contributed by atoms with Crippen molar-refractivity contribution in [1.82, 2.24) is 50.4 Å². The fourth-order valence-electron chi connectivity index (χ4n) is 8.23. The Labute approximate surface area is 414 Å². The molecule has 0 saturated carbocycles. The van der Waals surface area contributed by atoms with E-state index in [1.165, 1.54) is 23.9 Å². The minimum Gasteiger partial charge on any atom is -0.377 e. The summed E-state index contributed by atoms with van der Waals surface area (Å²) in [5.41, 5.74) is -5.35. The van der Waals surface area contributed by atoms with Gasteiger partial charge >= 0.3 is 11.8 Å². The monoisotopic (exact) mass is 1060 g/mol. The molecular formula is C49H41BrF8N12O2. The van der Waals surface area contributed by atoms with Crippen molar-refractivity contribution < 1.29 is 45.3 Å². The van der Waals surface area contributed by atoms with Crippen molar-refractivity contribution >= 4 is 21.6 Å². The first kappa shape index (κ1) is 52.3. The molecule has 72 heavy (non-hydrogen) atoms. The molecule has 4 aromatic heterocycles. The molecule has 14 nitrogen and oxygen atoms in total. The second-order valence-electron chi connectivity index (χ2n) is 16.5. The standard InChI is InChI=1S/C33H27F4N7O.C15H10BrF4N5O.CH4/c34-27-8-11-29(30(35)17-27)32(45,20-44-21-40-41-42-44)33(36,37)31-12-7-26(19-39-31)24-5-9-28(10-6-24)43-15-13-25(14-16-43)23-3-1-22(18-38)2-4-23;16-9-1-4-13(21-6-9)15(19,20)14(26,7-25-8-22-23-24-25)11-3-2-10(17)5-12(11)18;/h1-12,17,19,21,25,45H,13-16,20H2;1-6,8,26H,7H2;1H4/t32-;14-;/m00./s1. The SMILES string of the molecule is C.N#Cc1ccc(C2CCN(c3ccc(-c4ccc(C(F)(F)[C@](O)(Cn5cnnn5)c5ccc(F)cc5F)nc4)cc3)CC2)cc1.O[C@@](Cn1cnnn1)(c1ccc(F)cc1F)C(F)(F)c1ccc(Br)cn1. The van der Waals surface area contributed by atoms with Gasteiger partial charge < -0.3 is 15.1 Å². The van der Waals surface area contributed by atoms with Gasteiger partial charge in [0, 0.05) is 64.5 Å². The normalized spacial score (nSPS) is 14.8. The van der Waals surface area contributed by atoms with Crippen molar-refractivity contribution in [2.45, 2.75) is 62.3 Å². The van der Waals surface area contributed by atoms with Crippen LogP contribution in [-0.2, 0) is 36.1 Å². The van der Waals surface area contributed by atoms with E-state index in [0.717, 1.165) is 102 Å². The molecule has 2 N–H and O–H groups in total. The molecule has 23 heteroatoms. The fraction of sp³-hybridized carbons (Fsp3) is 0.245. The number of piperidine rings is 1. The van der Waals surface area contributed by atoms with E-state index >= 15 is 17.6 Å². The molecule has 0 aliphatic carbocycles. The summed E-state index contributed by atoms with van der Waals surface area (Å²) in [7, 11) is 0. The van der Waals surface area contributed by atoms with Gasteiger partial charge in [-0.15, -0.1) is 10.2 Å². The fourth-order valence-corrected chi connectivity index (χ4v) is 8.47. The van der Waals surface area contributed by atoms with Gasteiger partial charge in [-0.2, -0.15) is 22.8 Å². The maximum Gasteiger partial charge on any atom is 0.323 e. The molecule has 0 spiro atoms. The molecule has 0 unspecified atom stereocenters. The first-order valence-corrected chi connectivity index (χ1v) is 22.2. The number of aliphatic hydroxyl groups is 2. The minimum absolute atomic E-state index is 0. The number of benzene rings is 4. The van der Waals surface area contributed by atoms with Crippen molar-refractivity contribution in [2.75, 3.05) is 18.0 Å². The molecule has 0 amide bonds. The summed E-state index contributed by atoms with van der Waals surface area (Å²) in [5, 5.41) is 51.6. The van der Waals surface area contributed by atoms with E-state index in [0.29, 0.717) is 33.7 Å². The third-order valence-corrected chi connectivity index (χ3v) is 12.5. The molecule has 5 heterocycles. The summed E-state index contributed by atoms with van der Waals surface area (Å²) in [6.45, 7) is -0.0758. The zero-order valence-electron chi connectivity index (χ0n) is 36.7. The zero-order valence-corrected chi connectivity index (χ0v) is 38.3. The summed E-state index contributed by atoms with van der Waals surface area (Å²) < 4.78 is 120. The quantitative estimate of drug-likeness (QED) is 0.105. The zero-order chi connectivity index (χ0) is 50.6. The van der Waals surface area contributed by atoms with Gasteiger partial charge in [-0.25, -0.2) is 26.9 Å². The number of hydrogen-bond acceptors (Lipinski definition) is 12. The van der Waals surface area contributed by atoms with Gasteiger partial charge in [-0.05, 0) is 133 Å². The molecule has 4 aromatic carbocycles. The summed E-state index contributed by atoms with van der Waals surface area (Å²) in [5.74, 6) is -12.4. The minimum atomic E-state index is -4.14. The Morgan fingerprint density at radius 2 is 1.11 bits per heavy atom. The molecule has 0 radical (unpaired) electrons. The van der Waals surface area contributed by atoms with E-state index in [1.54, 1.807) is 0 Å². The number of hydrogen-bond donors (Lipinski definition) is 2. The molecule has 1 aliphatic heterocycles. The molecule has 1 aliphatic rings. The van der Waals surface area contributed by atoms with E-state index in [4.69, 9.17) is 5.26 Å². The number of pyridine rings is 2. The van der Waals surface area contributed by atoms with Crippen LogP contribution in [0, 0.1) is 34.6 Å². The van der Waals surface area contributed by atoms with Gasteiger partial charge in [-0.3, -0.25) is 9.97 Å². The van der Waals surface area contributed by atoms with Gasteiger partial charge in [0.15, 0.2) is 11.2 Å². The van der Waals surface area contributed by atoms with E-state index < -0.39 is 81.9 Å². The third-order valence-electron chi connectivity index (χ3n) is 12.1. The number of nitrogens with zero attached hydrogens (tertiary/aromatic N) is 12. The Balaban J connectivity index is 0.000000240. The smallest absolute Gasteiger partial charge is 0.323 e. The van der Waals surface area contributed by atoms with Crippen LogP contribution in [0.3, 0.4) is 0 Å². The van der Waals surface area contributed by atoms with E-state index in [9.17, 15) is 27.8 Å². The van der Waals surface area contributed by atoms with E-state index in [1.807, 2.05) is 48.5 Å². The highest BCUT2D eigenvalue weighted by Gasteiger charge is 2.59. The van der Waals surface area contributed by atoms with Gasteiger partial charge in [-0.1, -0.05) is 37.8 Å². The number of rotatable bonds is 13. The van der Waals surface area contributed by atoms with Crippen LogP contribution < -0.4 is 4.90 Å². The average Bonchev–Trinajstić information content (AvgIpc) is 4.09. The molecular weight excluding hydrogens is 1020 g/mol. The molecule has 1 fully saturated rings. The van der Waals surface area contributed by atoms with E-state index in [2.05, 4.69) is 67.9 Å². The predicted octanol–water partition coefficient (Wildman–Crippen LogP) is 9.37. The first-order valence-electron chi connectivity index (χ1n) is 21.4. The largest absolute Gasteiger partial charge is 0.377 e. The Bertz CT molecular complexity index is 3110. The Morgan fingerprint density at radius 1 is 0.625 bits per heavy atom. The molecule has 9 rings (SSSR count). The number of anilines is 1. The lowest BCUT2D eigenvalue weighted by Gasteiger charge is -2.35. The van der Waals surface area contributed by atoms with Crippen LogP contribution in [-0.4, -0.2) is 73.7 Å². The summed E-state index contributed by atoms with van der Waals surface area (Å²) in [4.78, 5) is 9.86. The summed E-state index contributed by atoms with van der Waals surface area (Å²) >= 11 is 3.07. The maximum atomic E-state index is 16.1. The van der Waals surface area contributed by atoms with Gasteiger partial charge in [0.05, 0.1) is 24.7 Å². The highest BCUT2D eigenvalue weighted by atomic mass is 79.9. The number of aromatic nitrogens is 10. The average molecular weight is 1060 g/mol. The van der Waals surface area contributed by atoms with Crippen LogP contribution in [0.4, 0.5) is 40.8 Å². The second kappa shape index (κ2) is 21.4. The Kier molecular flexibility index (Phi) is 15.6. The lowest BCUT2D eigenvalue weighted by atomic mass is 9.84. The number of halogens is 9. The highest BCUT2D eigenvalue weighted by molar-refractivity contribution is 9.10. The molecule has 8 aromatic rings. The Morgan fingerprint density at radius 3 is 1.53 bits per heavy atom. The van der Waals surface area contributed by atoms with Crippen molar-refractivity contribution in [3.05, 3.63) is 196 Å². The third kappa shape index (κ3) is 10.7. The predicted molar refractivity (Wildman–Crippen MR) is 248 cm³/mol. The number of tetrazole rings is 2. The topological polar surface area (TPSA) is 180 Å². The summed E-state index contributed by atoms with van der Waals surface area (Å²) in [6, 6.07) is 26.4. The molecule has 372 valence electrons. The van der Waals surface area contributed by atoms with Crippen molar-refractivity contribution in [1.29, 1.82) is 5.26 Å². The second-order valence-corrected chi connectivity index (χ2v) is 17.4. The van der Waals surface area contributed by atoms with E-state index in [-0.39, 0.29) is 7.43 Å². The van der Waals surface area contributed by atoms with Gasteiger partial charge in [0.1, 0.15) is 47.3 Å². The van der Waals surface area contributed by atoms with Crippen molar-refractivity contribution in [3.63, 3.8) is 0 Å². The van der Waals surface area contributed by atoms with Crippen molar-refractivity contribution in [3.8, 4) is 17.2 Å². The maximum absolute atomic E-state index is 16.1. The van der Waals surface area contributed by atoms with Crippen LogP contribution in [0.25, 0.3) is 11.1 Å².